The Hall–Kier alpha value is -1.94. The molecule has 0 unspecified atom stereocenters. The Morgan fingerprint density at radius 3 is 1.05 bits per heavy atom. The lowest BCUT2D eigenvalue weighted by Crippen LogP contribution is -3.00. The SMILES string of the molecule is N#C[P+](c1ccccc1)(c1ccccc1)c1ccccc1.[Br-]. The van der Waals surface area contributed by atoms with Gasteiger partial charge in [0.25, 0.3) is 5.81 Å². The van der Waals surface area contributed by atoms with Crippen LogP contribution >= 0.6 is 7.26 Å². The molecule has 0 saturated heterocycles. The van der Waals surface area contributed by atoms with Gasteiger partial charge in [-0.05, 0) is 36.4 Å². The van der Waals surface area contributed by atoms with Crippen molar-refractivity contribution in [3.63, 3.8) is 0 Å². The van der Waals surface area contributed by atoms with Crippen molar-refractivity contribution >= 4 is 23.2 Å². The van der Waals surface area contributed by atoms with E-state index in [-0.39, 0.29) is 17.0 Å². The summed E-state index contributed by atoms with van der Waals surface area (Å²) in [6, 6.07) is 30.4. The molecule has 0 spiro atoms. The molecule has 0 saturated carbocycles. The minimum Gasteiger partial charge on any atom is -1.00 e. The van der Waals surface area contributed by atoms with Crippen molar-refractivity contribution in [1.29, 1.82) is 5.26 Å². The highest BCUT2D eigenvalue weighted by Gasteiger charge is 2.46. The van der Waals surface area contributed by atoms with Crippen LogP contribution in [0, 0.1) is 11.1 Å². The van der Waals surface area contributed by atoms with Gasteiger partial charge in [0.15, 0.2) is 0 Å². The van der Waals surface area contributed by atoms with Crippen LogP contribution < -0.4 is 32.9 Å². The first-order valence-electron chi connectivity index (χ1n) is 6.85. The molecular formula is C19H15BrNP. The summed E-state index contributed by atoms with van der Waals surface area (Å²) in [5.41, 5.74) is 0. The predicted octanol–water partition coefficient (Wildman–Crippen LogP) is 0.466. The highest BCUT2D eigenvalue weighted by atomic mass is 79.9. The summed E-state index contributed by atoms with van der Waals surface area (Å²) in [6.07, 6.45) is 0. The molecule has 22 heavy (non-hydrogen) atoms. The van der Waals surface area contributed by atoms with E-state index in [1.54, 1.807) is 0 Å². The minimum absolute atomic E-state index is 0. The van der Waals surface area contributed by atoms with Crippen LogP contribution in [0.1, 0.15) is 0 Å². The molecule has 0 radical (unpaired) electrons. The Morgan fingerprint density at radius 2 is 0.818 bits per heavy atom. The first-order chi connectivity index (χ1) is 10.4. The fourth-order valence-electron chi connectivity index (χ4n) is 2.58. The third-order valence-corrected chi connectivity index (χ3v) is 7.10. The van der Waals surface area contributed by atoms with Crippen LogP contribution in [0.2, 0.25) is 0 Å². The standard InChI is InChI=1S/C19H15NP.BrH/c20-16-21(17-10-4-1-5-11-17,18-12-6-2-7-13-18)19-14-8-3-9-15-19;/h1-15H;1H/q+1;/p-1. The van der Waals surface area contributed by atoms with Crippen molar-refractivity contribution in [3.8, 4) is 5.81 Å². The first-order valence-corrected chi connectivity index (χ1v) is 8.64. The number of rotatable bonds is 3. The molecule has 0 aliphatic carbocycles. The van der Waals surface area contributed by atoms with Gasteiger partial charge in [0, 0.05) is 0 Å². The summed E-state index contributed by atoms with van der Waals surface area (Å²) >= 11 is 0. The second-order valence-corrected chi connectivity index (χ2v) is 7.87. The molecular weight excluding hydrogens is 353 g/mol. The van der Waals surface area contributed by atoms with Gasteiger partial charge in [-0.1, -0.05) is 54.6 Å². The van der Waals surface area contributed by atoms with E-state index in [1.807, 2.05) is 54.6 Å². The summed E-state index contributed by atoms with van der Waals surface area (Å²) in [5.74, 6) is 2.68. The number of hydrogen-bond acceptors (Lipinski definition) is 1. The lowest BCUT2D eigenvalue weighted by Gasteiger charge is -2.18. The monoisotopic (exact) mass is 367 g/mol. The molecule has 0 amide bonds. The quantitative estimate of drug-likeness (QED) is 0.617. The van der Waals surface area contributed by atoms with E-state index in [0.717, 1.165) is 15.9 Å². The zero-order valence-electron chi connectivity index (χ0n) is 11.9. The third-order valence-electron chi connectivity index (χ3n) is 3.58. The van der Waals surface area contributed by atoms with Gasteiger partial charge in [0.05, 0.1) is 0 Å². The molecule has 1 nitrogen and oxygen atoms in total. The molecule has 0 N–H and O–H groups in total. The van der Waals surface area contributed by atoms with Crippen LogP contribution in [0.4, 0.5) is 0 Å². The maximum Gasteiger partial charge on any atom is 0.255 e. The molecule has 3 heteroatoms. The zero-order valence-corrected chi connectivity index (χ0v) is 14.4. The van der Waals surface area contributed by atoms with Crippen LogP contribution in [0.15, 0.2) is 91.0 Å². The zero-order chi connectivity index (χ0) is 14.5. The van der Waals surface area contributed by atoms with Crippen molar-refractivity contribution in [2.45, 2.75) is 0 Å². The first kappa shape index (κ1) is 16.4. The molecule has 0 heterocycles. The van der Waals surface area contributed by atoms with Gasteiger partial charge in [-0.25, -0.2) is 0 Å². The minimum atomic E-state index is -2.23. The molecule has 0 aromatic heterocycles. The van der Waals surface area contributed by atoms with Crippen molar-refractivity contribution in [3.05, 3.63) is 91.0 Å². The van der Waals surface area contributed by atoms with Gasteiger partial charge < -0.3 is 17.0 Å². The molecule has 3 aromatic rings. The number of halogens is 1. The molecule has 0 aliphatic heterocycles. The molecule has 108 valence electrons. The molecule has 0 fully saturated rings. The molecule has 0 bridgehead atoms. The van der Waals surface area contributed by atoms with Crippen LogP contribution in [0.5, 0.6) is 0 Å². The van der Waals surface area contributed by atoms with Crippen molar-refractivity contribution in [2.75, 3.05) is 0 Å². The Balaban J connectivity index is 0.00000176. The highest BCUT2D eigenvalue weighted by Crippen LogP contribution is 2.53. The van der Waals surface area contributed by atoms with E-state index in [0.29, 0.717) is 0 Å². The van der Waals surface area contributed by atoms with Crippen LogP contribution in [-0.2, 0) is 0 Å². The Morgan fingerprint density at radius 1 is 0.545 bits per heavy atom. The molecule has 3 rings (SSSR count). The number of hydrogen-bond donors (Lipinski definition) is 0. The Kier molecular flexibility index (Phi) is 5.50. The lowest BCUT2D eigenvalue weighted by atomic mass is 10.4. The van der Waals surface area contributed by atoms with Gasteiger partial charge in [-0.3, -0.25) is 0 Å². The average molecular weight is 368 g/mol. The number of nitriles is 1. The van der Waals surface area contributed by atoms with Gasteiger partial charge >= 0.3 is 0 Å². The van der Waals surface area contributed by atoms with E-state index in [4.69, 9.17) is 0 Å². The summed E-state index contributed by atoms with van der Waals surface area (Å²) in [4.78, 5) is 0. The van der Waals surface area contributed by atoms with Crippen LogP contribution in [0.3, 0.4) is 0 Å². The lowest BCUT2D eigenvalue weighted by molar-refractivity contribution is -0.00000425. The number of benzene rings is 3. The predicted molar refractivity (Wildman–Crippen MR) is 90.8 cm³/mol. The fourth-order valence-corrected chi connectivity index (χ4v) is 5.67. The summed E-state index contributed by atoms with van der Waals surface area (Å²) < 4.78 is 0. The summed E-state index contributed by atoms with van der Waals surface area (Å²) in [6.45, 7) is 0. The van der Waals surface area contributed by atoms with E-state index in [9.17, 15) is 5.26 Å². The van der Waals surface area contributed by atoms with Gasteiger partial charge in [0.1, 0.15) is 15.9 Å². The van der Waals surface area contributed by atoms with Gasteiger partial charge in [0.2, 0.25) is 7.26 Å². The van der Waals surface area contributed by atoms with Crippen molar-refractivity contribution in [2.24, 2.45) is 0 Å². The van der Waals surface area contributed by atoms with Gasteiger partial charge in [-0.15, -0.1) is 0 Å². The average Bonchev–Trinajstić information content (AvgIpc) is 2.59. The molecule has 3 aromatic carbocycles. The second kappa shape index (κ2) is 7.36. The topological polar surface area (TPSA) is 23.8 Å². The Labute approximate surface area is 142 Å². The van der Waals surface area contributed by atoms with Crippen LogP contribution in [0.25, 0.3) is 0 Å². The highest BCUT2D eigenvalue weighted by molar-refractivity contribution is 7.99. The van der Waals surface area contributed by atoms with E-state index < -0.39 is 7.26 Å². The van der Waals surface area contributed by atoms with E-state index in [1.165, 1.54) is 0 Å². The number of nitrogens with zero attached hydrogens (tertiary/aromatic N) is 1. The maximum absolute atomic E-state index is 10.1. The van der Waals surface area contributed by atoms with E-state index in [2.05, 4.69) is 42.2 Å². The summed E-state index contributed by atoms with van der Waals surface area (Å²) in [7, 11) is -2.23. The fraction of sp³-hybridized carbons (Fsp3) is 0. The molecule has 0 aliphatic rings. The molecule has 0 atom stereocenters. The normalized spacial score (nSPS) is 10.3. The maximum atomic E-state index is 10.1. The Bertz CT molecular complexity index is 655. The van der Waals surface area contributed by atoms with Crippen LogP contribution in [-0.4, -0.2) is 0 Å². The largest absolute Gasteiger partial charge is 1.00 e. The summed E-state index contributed by atoms with van der Waals surface area (Å²) in [5, 5.41) is 13.4. The smallest absolute Gasteiger partial charge is 0.255 e. The second-order valence-electron chi connectivity index (χ2n) is 4.78. The third kappa shape index (κ3) is 2.83. The van der Waals surface area contributed by atoms with Crippen molar-refractivity contribution in [1.82, 2.24) is 0 Å². The van der Waals surface area contributed by atoms with Gasteiger partial charge in [-0.2, -0.15) is 5.26 Å². The van der Waals surface area contributed by atoms with E-state index >= 15 is 0 Å². The van der Waals surface area contributed by atoms with Crippen molar-refractivity contribution < 1.29 is 17.0 Å².